The standard InChI is InChI=1S/C18H14N2O2/c21-16-10-18(14-11-19-20-12-14,13-6-2-1-3-7-13)22-17-9-5-4-8-15(16)17/h1-9,11-12H,10H2,(H,19,20). The molecule has 0 amide bonds. The molecule has 1 unspecified atom stereocenters. The van der Waals surface area contributed by atoms with Crippen LogP contribution in [0.3, 0.4) is 0 Å². The fourth-order valence-electron chi connectivity index (χ4n) is 3.00. The lowest BCUT2D eigenvalue weighted by Gasteiger charge is -2.37. The maximum Gasteiger partial charge on any atom is 0.171 e. The van der Waals surface area contributed by atoms with Crippen LogP contribution >= 0.6 is 0 Å². The summed E-state index contributed by atoms with van der Waals surface area (Å²) in [6.45, 7) is 0. The van der Waals surface area contributed by atoms with Crippen molar-refractivity contribution in [1.82, 2.24) is 10.2 Å². The first-order valence-electron chi connectivity index (χ1n) is 7.16. The molecular weight excluding hydrogens is 276 g/mol. The van der Waals surface area contributed by atoms with Gasteiger partial charge in [0.2, 0.25) is 0 Å². The number of nitrogens with zero attached hydrogens (tertiary/aromatic N) is 1. The lowest BCUT2D eigenvalue weighted by molar-refractivity contribution is 0.0617. The lowest BCUT2D eigenvalue weighted by atomic mass is 9.80. The van der Waals surface area contributed by atoms with Gasteiger partial charge in [-0.1, -0.05) is 42.5 Å². The molecule has 0 spiro atoms. The third kappa shape index (κ3) is 1.84. The first kappa shape index (κ1) is 12.8. The molecule has 1 aromatic heterocycles. The maximum absolute atomic E-state index is 12.7. The van der Waals surface area contributed by atoms with Crippen LogP contribution in [-0.4, -0.2) is 16.0 Å². The van der Waals surface area contributed by atoms with Crippen molar-refractivity contribution in [2.45, 2.75) is 12.0 Å². The van der Waals surface area contributed by atoms with E-state index >= 15 is 0 Å². The maximum atomic E-state index is 12.7. The number of fused-ring (bicyclic) bond motifs is 1. The molecule has 0 aliphatic carbocycles. The van der Waals surface area contributed by atoms with E-state index < -0.39 is 5.60 Å². The molecule has 0 bridgehead atoms. The van der Waals surface area contributed by atoms with Crippen molar-refractivity contribution >= 4 is 5.78 Å². The Morgan fingerprint density at radius 2 is 1.77 bits per heavy atom. The number of hydrogen-bond donors (Lipinski definition) is 1. The van der Waals surface area contributed by atoms with Gasteiger partial charge in [-0.15, -0.1) is 0 Å². The van der Waals surface area contributed by atoms with Crippen LogP contribution in [0.15, 0.2) is 67.0 Å². The predicted octanol–water partition coefficient (Wildman–Crippen LogP) is 3.32. The largest absolute Gasteiger partial charge is 0.476 e. The van der Waals surface area contributed by atoms with Crippen molar-refractivity contribution in [1.29, 1.82) is 0 Å². The molecule has 4 rings (SSSR count). The number of carbonyl (C=O) groups is 1. The summed E-state index contributed by atoms with van der Waals surface area (Å²) in [5.41, 5.74) is 1.60. The van der Waals surface area contributed by atoms with Crippen molar-refractivity contribution in [3.8, 4) is 5.75 Å². The molecule has 3 aromatic rings. The van der Waals surface area contributed by atoms with Gasteiger partial charge in [-0.05, 0) is 12.1 Å². The summed E-state index contributed by atoms with van der Waals surface area (Å²) in [4.78, 5) is 12.7. The number of para-hydroxylation sites is 1. The molecule has 2 heterocycles. The van der Waals surface area contributed by atoms with Crippen molar-refractivity contribution in [2.75, 3.05) is 0 Å². The highest BCUT2D eigenvalue weighted by molar-refractivity contribution is 6.00. The van der Waals surface area contributed by atoms with Crippen molar-refractivity contribution in [3.63, 3.8) is 0 Å². The number of H-pyrrole nitrogens is 1. The van der Waals surface area contributed by atoms with Crippen molar-refractivity contribution in [3.05, 3.63) is 83.7 Å². The Morgan fingerprint density at radius 1 is 1.00 bits per heavy atom. The molecule has 22 heavy (non-hydrogen) atoms. The summed E-state index contributed by atoms with van der Waals surface area (Å²) in [6, 6.07) is 17.2. The van der Waals surface area contributed by atoms with Crippen LogP contribution in [0.1, 0.15) is 27.9 Å². The van der Waals surface area contributed by atoms with E-state index in [1.165, 1.54) is 0 Å². The summed E-state index contributed by atoms with van der Waals surface area (Å²) in [6.07, 6.45) is 3.76. The second kappa shape index (κ2) is 4.84. The first-order chi connectivity index (χ1) is 10.8. The van der Waals surface area contributed by atoms with E-state index in [-0.39, 0.29) is 12.2 Å². The number of carbonyl (C=O) groups excluding carboxylic acids is 1. The fourth-order valence-corrected chi connectivity index (χ4v) is 3.00. The molecule has 1 atom stereocenters. The molecule has 0 fully saturated rings. The van der Waals surface area contributed by atoms with E-state index in [0.29, 0.717) is 11.3 Å². The van der Waals surface area contributed by atoms with E-state index in [2.05, 4.69) is 10.2 Å². The zero-order valence-corrected chi connectivity index (χ0v) is 11.8. The Labute approximate surface area is 127 Å². The quantitative estimate of drug-likeness (QED) is 0.787. The topological polar surface area (TPSA) is 55.0 Å². The Kier molecular flexibility index (Phi) is 2.82. The van der Waals surface area contributed by atoms with Gasteiger partial charge in [-0.2, -0.15) is 5.10 Å². The Balaban J connectivity index is 1.93. The van der Waals surface area contributed by atoms with Crippen LogP contribution < -0.4 is 4.74 Å². The highest BCUT2D eigenvalue weighted by atomic mass is 16.5. The molecule has 1 aliphatic heterocycles. The van der Waals surface area contributed by atoms with Gasteiger partial charge in [0.05, 0.1) is 18.2 Å². The van der Waals surface area contributed by atoms with Crippen LogP contribution in [0, 0.1) is 0 Å². The minimum atomic E-state index is -0.834. The van der Waals surface area contributed by atoms with Crippen LogP contribution in [-0.2, 0) is 5.60 Å². The molecule has 2 aromatic carbocycles. The van der Waals surface area contributed by atoms with Gasteiger partial charge >= 0.3 is 0 Å². The molecule has 0 saturated carbocycles. The first-order valence-corrected chi connectivity index (χ1v) is 7.16. The van der Waals surface area contributed by atoms with Gasteiger partial charge in [-0.25, -0.2) is 0 Å². The molecule has 4 nitrogen and oxygen atoms in total. The number of nitrogens with one attached hydrogen (secondary N) is 1. The summed E-state index contributed by atoms with van der Waals surface area (Å²) in [5.74, 6) is 0.690. The molecular formula is C18H14N2O2. The summed E-state index contributed by atoms with van der Waals surface area (Å²) < 4.78 is 6.34. The van der Waals surface area contributed by atoms with E-state index in [1.54, 1.807) is 12.4 Å². The van der Waals surface area contributed by atoms with Crippen LogP contribution in [0.5, 0.6) is 5.75 Å². The highest BCUT2D eigenvalue weighted by Gasteiger charge is 2.44. The molecule has 1 N–H and O–H groups in total. The number of Topliss-reactive ketones (excluding diaryl/α,β-unsaturated/α-hetero) is 1. The molecule has 4 heteroatoms. The predicted molar refractivity (Wildman–Crippen MR) is 81.8 cm³/mol. The minimum absolute atomic E-state index is 0.0758. The van der Waals surface area contributed by atoms with Crippen LogP contribution in [0.4, 0.5) is 0 Å². The molecule has 108 valence electrons. The van der Waals surface area contributed by atoms with E-state index in [1.807, 2.05) is 54.6 Å². The lowest BCUT2D eigenvalue weighted by Crippen LogP contribution is -2.40. The monoisotopic (exact) mass is 290 g/mol. The van der Waals surface area contributed by atoms with E-state index in [0.717, 1.165) is 11.1 Å². The van der Waals surface area contributed by atoms with Crippen molar-refractivity contribution in [2.24, 2.45) is 0 Å². The van der Waals surface area contributed by atoms with Gasteiger partial charge in [0.1, 0.15) is 5.75 Å². The normalized spacial score (nSPS) is 20.3. The summed E-state index contributed by atoms with van der Waals surface area (Å²) in [5, 5.41) is 6.85. The zero-order chi connectivity index (χ0) is 15.0. The third-order valence-electron chi connectivity index (χ3n) is 4.09. The zero-order valence-electron chi connectivity index (χ0n) is 11.8. The minimum Gasteiger partial charge on any atom is -0.476 e. The summed E-state index contributed by atoms with van der Waals surface area (Å²) >= 11 is 0. The second-order valence-electron chi connectivity index (χ2n) is 5.38. The van der Waals surface area contributed by atoms with Crippen LogP contribution in [0.25, 0.3) is 0 Å². The Hall–Kier alpha value is -2.88. The van der Waals surface area contributed by atoms with Gasteiger partial charge in [0, 0.05) is 17.3 Å². The number of ether oxygens (including phenoxy) is 1. The fraction of sp³-hybridized carbons (Fsp3) is 0.111. The summed E-state index contributed by atoms with van der Waals surface area (Å²) in [7, 11) is 0. The number of ketones is 1. The molecule has 0 radical (unpaired) electrons. The SMILES string of the molecule is O=C1CC(c2ccccc2)(c2cn[nH]c2)Oc2ccccc21. The highest BCUT2D eigenvalue weighted by Crippen LogP contribution is 2.43. The van der Waals surface area contributed by atoms with Gasteiger partial charge < -0.3 is 4.74 Å². The molecule has 0 saturated heterocycles. The van der Waals surface area contributed by atoms with Crippen LogP contribution in [0.2, 0.25) is 0 Å². The third-order valence-corrected chi connectivity index (χ3v) is 4.09. The number of rotatable bonds is 2. The average Bonchev–Trinajstić information content (AvgIpc) is 3.10. The Morgan fingerprint density at radius 3 is 2.55 bits per heavy atom. The van der Waals surface area contributed by atoms with Gasteiger partial charge in [0.15, 0.2) is 11.4 Å². The number of aromatic nitrogens is 2. The smallest absolute Gasteiger partial charge is 0.171 e. The van der Waals surface area contributed by atoms with Gasteiger partial charge in [-0.3, -0.25) is 9.89 Å². The number of hydrogen-bond acceptors (Lipinski definition) is 3. The molecule has 1 aliphatic rings. The number of aromatic amines is 1. The van der Waals surface area contributed by atoms with E-state index in [9.17, 15) is 4.79 Å². The average molecular weight is 290 g/mol. The van der Waals surface area contributed by atoms with E-state index in [4.69, 9.17) is 4.74 Å². The Bertz CT molecular complexity index is 812. The van der Waals surface area contributed by atoms with Gasteiger partial charge in [0.25, 0.3) is 0 Å². The number of benzene rings is 2. The second-order valence-corrected chi connectivity index (χ2v) is 5.38. The van der Waals surface area contributed by atoms with Crippen molar-refractivity contribution < 1.29 is 9.53 Å².